The monoisotopic (exact) mass is 229 g/mol. The summed E-state index contributed by atoms with van der Waals surface area (Å²) in [6.07, 6.45) is 7.01. The minimum absolute atomic E-state index is 0.808. The maximum atomic E-state index is 5.76. The molecule has 1 nitrogen and oxygen atoms in total. The van der Waals surface area contributed by atoms with Crippen LogP contribution in [0.5, 0.6) is 0 Å². The first-order chi connectivity index (χ1) is 7.29. The average molecular weight is 230 g/mol. The zero-order valence-corrected chi connectivity index (χ0v) is 10.7. The van der Waals surface area contributed by atoms with Crippen molar-refractivity contribution in [1.82, 2.24) is 4.90 Å². The van der Waals surface area contributed by atoms with Gasteiger partial charge in [-0.25, -0.2) is 0 Å². The van der Waals surface area contributed by atoms with Gasteiger partial charge in [0.15, 0.2) is 0 Å². The highest BCUT2D eigenvalue weighted by Crippen LogP contribution is 2.37. The molecule has 2 fully saturated rings. The molecule has 0 spiro atoms. The SMILES string of the molecule is CC(CCCl)CCN1CC2CCCC2C1. The largest absolute Gasteiger partial charge is 0.303 e. The fourth-order valence-electron chi connectivity index (χ4n) is 3.25. The lowest BCUT2D eigenvalue weighted by Gasteiger charge is -2.19. The highest BCUT2D eigenvalue weighted by Gasteiger charge is 2.35. The van der Waals surface area contributed by atoms with Crippen LogP contribution < -0.4 is 0 Å². The van der Waals surface area contributed by atoms with Crippen LogP contribution in [0.4, 0.5) is 0 Å². The molecule has 1 saturated heterocycles. The Labute approximate surface area is 99.2 Å². The third-order valence-corrected chi connectivity index (χ3v) is 4.56. The van der Waals surface area contributed by atoms with Crippen LogP contribution in [-0.4, -0.2) is 30.4 Å². The van der Waals surface area contributed by atoms with Gasteiger partial charge in [0.1, 0.15) is 0 Å². The number of hydrogen-bond acceptors (Lipinski definition) is 1. The van der Waals surface area contributed by atoms with Gasteiger partial charge in [-0.3, -0.25) is 0 Å². The number of rotatable bonds is 5. The smallest absolute Gasteiger partial charge is 0.0225 e. The van der Waals surface area contributed by atoms with Crippen molar-refractivity contribution in [2.24, 2.45) is 17.8 Å². The summed E-state index contributed by atoms with van der Waals surface area (Å²) >= 11 is 5.76. The van der Waals surface area contributed by atoms with Crippen molar-refractivity contribution in [2.75, 3.05) is 25.5 Å². The maximum absolute atomic E-state index is 5.76. The molecule has 0 bridgehead atoms. The summed E-state index contributed by atoms with van der Waals surface area (Å²) in [5.41, 5.74) is 0. The Morgan fingerprint density at radius 3 is 2.47 bits per heavy atom. The van der Waals surface area contributed by atoms with Gasteiger partial charge in [0.25, 0.3) is 0 Å². The molecule has 2 aliphatic rings. The first-order valence-corrected chi connectivity index (χ1v) is 7.11. The third-order valence-electron chi connectivity index (χ3n) is 4.34. The van der Waals surface area contributed by atoms with Gasteiger partial charge in [-0.15, -0.1) is 11.6 Å². The van der Waals surface area contributed by atoms with Crippen LogP contribution >= 0.6 is 11.6 Å². The van der Waals surface area contributed by atoms with Gasteiger partial charge in [0.2, 0.25) is 0 Å². The molecule has 3 unspecified atom stereocenters. The van der Waals surface area contributed by atoms with Crippen LogP contribution in [0, 0.1) is 17.8 Å². The lowest BCUT2D eigenvalue weighted by molar-refractivity contribution is 0.285. The minimum Gasteiger partial charge on any atom is -0.303 e. The zero-order chi connectivity index (χ0) is 10.7. The van der Waals surface area contributed by atoms with E-state index in [2.05, 4.69) is 11.8 Å². The lowest BCUT2D eigenvalue weighted by atomic mass is 10.0. The molecular weight excluding hydrogens is 206 g/mol. The van der Waals surface area contributed by atoms with Crippen molar-refractivity contribution in [2.45, 2.75) is 39.0 Å². The van der Waals surface area contributed by atoms with E-state index in [4.69, 9.17) is 11.6 Å². The van der Waals surface area contributed by atoms with Crippen molar-refractivity contribution >= 4 is 11.6 Å². The molecule has 1 aliphatic heterocycles. The zero-order valence-electron chi connectivity index (χ0n) is 9.92. The van der Waals surface area contributed by atoms with Crippen LogP contribution in [0.25, 0.3) is 0 Å². The first kappa shape index (κ1) is 11.7. The van der Waals surface area contributed by atoms with Crippen molar-refractivity contribution in [1.29, 1.82) is 0 Å². The second-order valence-electron chi connectivity index (χ2n) is 5.58. The molecule has 0 amide bonds. The summed E-state index contributed by atoms with van der Waals surface area (Å²) in [7, 11) is 0. The number of alkyl halides is 1. The molecule has 1 aliphatic carbocycles. The minimum atomic E-state index is 0.808. The lowest BCUT2D eigenvalue weighted by Crippen LogP contribution is -2.24. The summed E-state index contributed by atoms with van der Waals surface area (Å²) < 4.78 is 0. The van der Waals surface area contributed by atoms with Crippen LogP contribution in [-0.2, 0) is 0 Å². The Morgan fingerprint density at radius 1 is 1.20 bits per heavy atom. The number of halogens is 1. The van der Waals surface area contributed by atoms with Crippen molar-refractivity contribution in [3.05, 3.63) is 0 Å². The van der Waals surface area contributed by atoms with Gasteiger partial charge in [-0.05, 0) is 50.0 Å². The van der Waals surface area contributed by atoms with Gasteiger partial charge >= 0.3 is 0 Å². The molecule has 0 aromatic heterocycles. The Bertz CT molecular complexity index is 183. The number of hydrogen-bond donors (Lipinski definition) is 0. The molecule has 0 N–H and O–H groups in total. The van der Waals surface area contributed by atoms with Gasteiger partial charge in [0, 0.05) is 19.0 Å². The molecule has 1 saturated carbocycles. The molecule has 15 heavy (non-hydrogen) atoms. The van der Waals surface area contributed by atoms with Gasteiger partial charge in [-0.2, -0.15) is 0 Å². The van der Waals surface area contributed by atoms with Gasteiger partial charge in [-0.1, -0.05) is 13.3 Å². The molecule has 1 heterocycles. The topological polar surface area (TPSA) is 3.24 Å². The second kappa shape index (κ2) is 5.54. The van der Waals surface area contributed by atoms with Crippen LogP contribution in [0.1, 0.15) is 39.0 Å². The van der Waals surface area contributed by atoms with Crippen molar-refractivity contribution in [3.8, 4) is 0 Å². The van der Waals surface area contributed by atoms with Gasteiger partial charge < -0.3 is 4.90 Å². The quantitative estimate of drug-likeness (QED) is 0.654. The van der Waals surface area contributed by atoms with E-state index in [0.717, 1.165) is 23.6 Å². The van der Waals surface area contributed by atoms with Crippen LogP contribution in [0.15, 0.2) is 0 Å². The fraction of sp³-hybridized carbons (Fsp3) is 1.00. The molecule has 88 valence electrons. The van der Waals surface area contributed by atoms with Crippen molar-refractivity contribution in [3.63, 3.8) is 0 Å². The predicted molar refractivity (Wildman–Crippen MR) is 66.4 cm³/mol. The van der Waals surface area contributed by atoms with E-state index in [0.29, 0.717) is 0 Å². The molecular formula is C13H24ClN. The summed E-state index contributed by atoms with van der Waals surface area (Å²) in [5, 5.41) is 0. The van der Waals surface area contributed by atoms with Crippen LogP contribution in [0.3, 0.4) is 0 Å². The molecule has 0 aromatic rings. The third kappa shape index (κ3) is 3.10. The van der Waals surface area contributed by atoms with Crippen LogP contribution in [0.2, 0.25) is 0 Å². The highest BCUT2D eigenvalue weighted by molar-refractivity contribution is 6.17. The highest BCUT2D eigenvalue weighted by atomic mass is 35.5. The first-order valence-electron chi connectivity index (χ1n) is 6.58. The number of fused-ring (bicyclic) bond motifs is 1. The molecule has 2 rings (SSSR count). The van der Waals surface area contributed by atoms with Gasteiger partial charge in [0.05, 0.1) is 0 Å². The summed E-state index contributed by atoms with van der Waals surface area (Å²) in [6.45, 7) is 6.42. The van der Waals surface area contributed by atoms with E-state index < -0.39 is 0 Å². The molecule has 2 heteroatoms. The normalized spacial score (nSPS) is 33.2. The Kier molecular flexibility index (Phi) is 4.33. The van der Waals surface area contributed by atoms with E-state index in [1.54, 1.807) is 0 Å². The average Bonchev–Trinajstić information content (AvgIpc) is 2.74. The second-order valence-corrected chi connectivity index (χ2v) is 5.96. The van der Waals surface area contributed by atoms with E-state index in [9.17, 15) is 0 Å². The summed E-state index contributed by atoms with van der Waals surface area (Å²) in [4.78, 5) is 2.69. The number of nitrogens with zero attached hydrogens (tertiary/aromatic N) is 1. The Hall–Kier alpha value is 0.250. The summed E-state index contributed by atoms with van der Waals surface area (Å²) in [6, 6.07) is 0. The molecule has 0 radical (unpaired) electrons. The van der Waals surface area contributed by atoms with E-state index >= 15 is 0 Å². The van der Waals surface area contributed by atoms with E-state index in [1.165, 1.54) is 51.7 Å². The standard InChI is InChI=1S/C13H24ClN/c1-11(5-7-14)6-8-15-9-12-3-2-4-13(12)10-15/h11-13H,2-10H2,1H3. The maximum Gasteiger partial charge on any atom is 0.0225 e. The van der Waals surface area contributed by atoms with Crippen molar-refractivity contribution < 1.29 is 0 Å². The van der Waals surface area contributed by atoms with E-state index in [-0.39, 0.29) is 0 Å². The Balaban J connectivity index is 1.65. The summed E-state index contributed by atoms with van der Waals surface area (Å²) in [5.74, 6) is 3.73. The predicted octanol–water partition coefficient (Wildman–Crippen LogP) is 3.37. The fourth-order valence-corrected chi connectivity index (χ4v) is 3.62. The number of likely N-dealkylation sites (tertiary alicyclic amines) is 1. The molecule has 3 atom stereocenters. The van der Waals surface area contributed by atoms with E-state index in [1.807, 2.05) is 0 Å². The Morgan fingerprint density at radius 2 is 1.87 bits per heavy atom. The molecule has 0 aromatic carbocycles.